The van der Waals surface area contributed by atoms with Crippen molar-refractivity contribution in [1.82, 2.24) is 0 Å². The highest BCUT2D eigenvalue weighted by Gasteiger charge is 2.19. The highest BCUT2D eigenvalue weighted by molar-refractivity contribution is 6.32. The maximum Gasteiger partial charge on any atom is 0.328 e. The van der Waals surface area contributed by atoms with E-state index >= 15 is 0 Å². The highest BCUT2D eigenvalue weighted by atomic mass is 35.5. The van der Waals surface area contributed by atoms with E-state index in [9.17, 15) is 4.79 Å². The van der Waals surface area contributed by atoms with E-state index in [0.717, 1.165) is 17.3 Å². The van der Waals surface area contributed by atoms with Crippen LogP contribution >= 0.6 is 11.6 Å². The van der Waals surface area contributed by atoms with Gasteiger partial charge in [-0.25, -0.2) is 4.79 Å². The topological polar surface area (TPSA) is 40.5 Å². The van der Waals surface area contributed by atoms with Crippen LogP contribution < -0.4 is 4.90 Å². The first-order valence-electron chi connectivity index (χ1n) is 7.52. The molecule has 0 atom stereocenters. The molecule has 114 valence electrons. The number of carboxylic acids is 1. The van der Waals surface area contributed by atoms with Crippen molar-refractivity contribution in [1.29, 1.82) is 0 Å². The minimum absolute atomic E-state index is 0.503. The maximum absolute atomic E-state index is 10.8. The van der Waals surface area contributed by atoms with Crippen molar-refractivity contribution < 1.29 is 9.90 Å². The largest absolute Gasteiger partial charge is 0.478 e. The molecule has 0 saturated heterocycles. The lowest BCUT2D eigenvalue weighted by Crippen LogP contribution is -2.31. The van der Waals surface area contributed by atoms with E-state index in [0.29, 0.717) is 11.1 Å². The van der Waals surface area contributed by atoms with Gasteiger partial charge in [0.25, 0.3) is 0 Å². The summed E-state index contributed by atoms with van der Waals surface area (Å²) in [5, 5.41) is 9.43. The van der Waals surface area contributed by atoms with Crippen LogP contribution in [-0.4, -0.2) is 24.2 Å². The molecule has 1 aromatic carbocycles. The number of carbonyl (C=O) groups is 1. The fourth-order valence-corrected chi connectivity index (χ4v) is 3.23. The molecule has 0 bridgehead atoms. The normalized spacial score (nSPS) is 16.9. The molecule has 0 amide bonds. The Kier molecular flexibility index (Phi) is 5.68. The first-order chi connectivity index (χ1) is 10.1. The minimum Gasteiger partial charge on any atom is -0.478 e. The smallest absolute Gasteiger partial charge is 0.328 e. The molecule has 0 aliphatic heterocycles. The van der Waals surface area contributed by atoms with E-state index in [1.165, 1.54) is 38.5 Å². The Morgan fingerprint density at radius 2 is 1.95 bits per heavy atom. The Morgan fingerprint density at radius 1 is 1.29 bits per heavy atom. The molecule has 0 radical (unpaired) electrons. The van der Waals surface area contributed by atoms with Crippen LogP contribution in [0.4, 0.5) is 5.69 Å². The van der Waals surface area contributed by atoms with Crippen molar-refractivity contribution in [3.8, 4) is 0 Å². The molecule has 1 aliphatic carbocycles. The summed E-state index contributed by atoms with van der Waals surface area (Å²) < 4.78 is 0. The Morgan fingerprint density at radius 3 is 2.57 bits per heavy atom. The third kappa shape index (κ3) is 4.24. The summed E-state index contributed by atoms with van der Waals surface area (Å²) in [4.78, 5) is 13.0. The fourth-order valence-electron chi connectivity index (χ4n) is 2.99. The van der Waals surface area contributed by atoms with Gasteiger partial charge in [0.05, 0.1) is 0 Å². The third-order valence-electron chi connectivity index (χ3n) is 4.17. The lowest BCUT2D eigenvalue weighted by molar-refractivity contribution is -0.131. The van der Waals surface area contributed by atoms with E-state index < -0.39 is 5.97 Å². The average molecular weight is 308 g/mol. The van der Waals surface area contributed by atoms with Crippen LogP contribution in [0.15, 0.2) is 24.3 Å². The summed E-state index contributed by atoms with van der Waals surface area (Å²) in [7, 11) is 2.08. The number of nitrogens with zero attached hydrogens (tertiary/aromatic N) is 1. The quantitative estimate of drug-likeness (QED) is 0.653. The molecule has 21 heavy (non-hydrogen) atoms. The first kappa shape index (κ1) is 15.9. The number of carboxylic acid groups (broad SMARTS) is 1. The van der Waals surface area contributed by atoms with Crippen LogP contribution in [0.5, 0.6) is 0 Å². The number of hydrogen-bond donors (Lipinski definition) is 1. The molecular weight excluding hydrogens is 286 g/mol. The first-order valence-corrected chi connectivity index (χ1v) is 7.89. The molecular formula is C17H22ClNO2. The lowest BCUT2D eigenvalue weighted by atomic mass is 10.0. The maximum atomic E-state index is 10.8. The number of halogens is 1. The molecule has 1 fully saturated rings. The minimum atomic E-state index is -0.960. The van der Waals surface area contributed by atoms with E-state index in [-0.39, 0.29) is 0 Å². The molecule has 0 spiro atoms. The SMILES string of the molecule is CN(c1cccc(Cl)c1/C=C/C(=O)O)C1CCCCCC1. The Hall–Kier alpha value is -1.48. The zero-order valence-corrected chi connectivity index (χ0v) is 13.1. The van der Waals surface area contributed by atoms with Crippen LogP contribution in [0.2, 0.25) is 5.02 Å². The molecule has 1 N–H and O–H groups in total. The van der Waals surface area contributed by atoms with Gasteiger partial charge in [-0.3, -0.25) is 0 Å². The molecule has 4 heteroatoms. The van der Waals surface area contributed by atoms with Crippen LogP contribution in [0, 0.1) is 0 Å². The lowest BCUT2D eigenvalue weighted by Gasteiger charge is -2.31. The van der Waals surface area contributed by atoms with Gasteiger partial charge in [-0.15, -0.1) is 0 Å². The summed E-state index contributed by atoms with van der Waals surface area (Å²) >= 11 is 6.26. The zero-order chi connectivity index (χ0) is 15.2. The second kappa shape index (κ2) is 7.51. The van der Waals surface area contributed by atoms with E-state index in [2.05, 4.69) is 11.9 Å². The molecule has 1 aromatic rings. The second-order valence-corrected chi connectivity index (χ2v) is 6.01. The summed E-state index contributed by atoms with van der Waals surface area (Å²) in [5.41, 5.74) is 1.79. The molecule has 0 heterocycles. The van der Waals surface area contributed by atoms with Gasteiger partial charge in [0, 0.05) is 35.4 Å². The molecule has 2 rings (SSSR count). The van der Waals surface area contributed by atoms with Crippen molar-refractivity contribution in [3.05, 3.63) is 34.9 Å². The van der Waals surface area contributed by atoms with Crippen LogP contribution in [0.1, 0.15) is 44.1 Å². The predicted molar refractivity (Wildman–Crippen MR) is 88.0 cm³/mol. The highest BCUT2D eigenvalue weighted by Crippen LogP contribution is 2.32. The van der Waals surface area contributed by atoms with Crippen LogP contribution in [0.3, 0.4) is 0 Å². The van der Waals surface area contributed by atoms with Gasteiger partial charge in [-0.2, -0.15) is 0 Å². The summed E-state index contributed by atoms with van der Waals surface area (Å²) in [6.07, 6.45) is 10.2. The van der Waals surface area contributed by atoms with Crippen molar-refractivity contribution in [2.24, 2.45) is 0 Å². The Balaban J connectivity index is 2.28. The monoisotopic (exact) mass is 307 g/mol. The number of benzene rings is 1. The van der Waals surface area contributed by atoms with Crippen LogP contribution in [0.25, 0.3) is 6.08 Å². The fraction of sp³-hybridized carbons (Fsp3) is 0.471. The molecule has 0 aromatic heterocycles. The van der Waals surface area contributed by atoms with Gasteiger partial charge in [0.2, 0.25) is 0 Å². The van der Waals surface area contributed by atoms with Gasteiger partial charge < -0.3 is 10.0 Å². The van der Waals surface area contributed by atoms with Crippen LogP contribution in [-0.2, 0) is 4.79 Å². The Bertz CT molecular complexity index is 520. The summed E-state index contributed by atoms with van der Waals surface area (Å²) in [6.45, 7) is 0. The van der Waals surface area contributed by atoms with Crippen molar-refractivity contribution >= 4 is 29.3 Å². The number of anilines is 1. The van der Waals surface area contributed by atoms with Gasteiger partial charge in [-0.05, 0) is 31.1 Å². The molecule has 1 aliphatic rings. The molecule has 3 nitrogen and oxygen atoms in total. The summed E-state index contributed by atoms with van der Waals surface area (Å²) in [5.74, 6) is -0.960. The predicted octanol–water partition coefficient (Wildman–Crippen LogP) is 4.60. The second-order valence-electron chi connectivity index (χ2n) is 5.60. The zero-order valence-electron chi connectivity index (χ0n) is 12.4. The van der Waals surface area contributed by atoms with Crippen molar-refractivity contribution in [2.45, 2.75) is 44.6 Å². The number of hydrogen-bond acceptors (Lipinski definition) is 2. The van der Waals surface area contributed by atoms with Gasteiger partial charge >= 0.3 is 5.97 Å². The average Bonchev–Trinajstić information content (AvgIpc) is 2.74. The number of rotatable bonds is 4. The molecule has 1 saturated carbocycles. The Labute approximate surface area is 131 Å². The van der Waals surface area contributed by atoms with Crippen molar-refractivity contribution in [2.75, 3.05) is 11.9 Å². The van der Waals surface area contributed by atoms with Gasteiger partial charge in [0.1, 0.15) is 0 Å². The molecule has 0 unspecified atom stereocenters. The summed E-state index contributed by atoms with van der Waals surface area (Å²) in [6, 6.07) is 6.23. The van der Waals surface area contributed by atoms with Crippen molar-refractivity contribution in [3.63, 3.8) is 0 Å². The van der Waals surface area contributed by atoms with E-state index in [1.54, 1.807) is 12.1 Å². The third-order valence-corrected chi connectivity index (χ3v) is 4.50. The standard InChI is InChI=1S/C17H22ClNO2/c1-19(13-7-4-2-3-5-8-13)16-10-6-9-15(18)14(16)11-12-17(20)21/h6,9-13H,2-5,7-8H2,1H3,(H,20,21)/b12-11+. The van der Waals surface area contributed by atoms with Gasteiger partial charge in [-0.1, -0.05) is 43.4 Å². The van der Waals surface area contributed by atoms with E-state index in [1.807, 2.05) is 12.1 Å². The van der Waals surface area contributed by atoms with Gasteiger partial charge in [0.15, 0.2) is 0 Å². The number of aliphatic carboxylic acids is 1. The van der Waals surface area contributed by atoms with E-state index in [4.69, 9.17) is 16.7 Å².